The van der Waals surface area contributed by atoms with Crippen molar-refractivity contribution in [2.24, 2.45) is 5.92 Å². The Bertz CT molecular complexity index is 821. The van der Waals surface area contributed by atoms with Crippen molar-refractivity contribution in [3.63, 3.8) is 0 Å². The van der Waals surface area contributed by atoms with Crippen molar-refractivity contribution in [1.82, 2.24) is 0 Å². The fraction of sp³-hybridized carbons (Fsp3) is 0.375. The van der Waals surface area contributed by atoms with Gasteiger partial charge in [0.1, 0.15) is 6.61 Å². The van der Waals surface area contributed by atoms with E-state index >= 15 is 0 Å². The van der Waals surface area contributed by atoms with E-state index in [4.69, 9.17) is 14.9 Å². The van der Waals surface area contributed by atoms with Crippen LogP contribution in [0.1, 0.15) is 70.4 Å². The van der Waals surface area contributed by atoms with Crippen molar-refractivity contribution in [3.8, 4) is 0 Å². The van der Waals surface area contributed by atoms with Gasteiger partial charge in [-0.25, -0.2) is 9.59 Å². The number of ether oxygens (including phenoxy) is 1. The summed E-state index contributed by atoms with van der Waals surface area (Å²) in [6.45, 7) is 1.89. The van der Waals surface area contributed by atoms with Gasteiger partial charge in [0.2, 0.25) is 0 Å². The lowest BCUT2D eigenvalue weighted by Gasteiger charge is -2.20. The van der Waals surface area contributed by atoms with Gasteiger partial charge in [-0.15, -0.1) is 0 Å². The smallest absolute Gasteiger partial charge is 0.335 e. The summed E-state index contributed by atoms with van der Waals surface area (Å²) in [4.78, 5) is 32.9. The number of esters is 1. The average Bonchev–Trinajstić information content (AvgIpc) is 2.74. The average molecular weight is 412 g/mol. The zero-order valence-electron chi connectivity index (χ0n) is 17.2. The Labute approximate surface area is 176 Å². The molecule has 0 saturated heterocycles. The summed E-state index contributed by atoms with van der Waals surface area (Å²) in [5, 5.41) is 17.4. The van der Waals surface area contributed by atoms with Crippen LogP contribution in [0, 0.1) is 12.8 Å². The van der Waals surface area contributed by atoms with Crippen molar-refractivity contribution in [2.45, 2.75) is 52.1 Å². The number of benzene rings is 2. The highest BCUT2D eigenvalue weighted by Crippen LogP contribution is 2.26. The normalized spacial score (nSPS) is 13.6. The molecule has 0 unspecified atom stereocenters. The van der Waals surface area contributed by atoms with E-state index in [0.717, 1.165) is 5.56 Å². The largest absolute Gasteiger partial charge is 0.478 e. The minimum absolute atomic E-state index is 0.0277. The van der Waals surface area contributed by atoms with Crippen LogP contribution in [-0.2, 0) is 16.1 Å². The molecule has 2 N–H and O–H groups in total. The molecule has 6 heteroatoms. The van der Waals surface area contributed by atoms with Crippen molar-refractivity contribution in [3.05, 3.63) is 70.8 Å². The molecule has 0 atom stereocenters. The Hall–Kier alpha value is -3.15. The van der Waals surface area contributed by atoms with Crippen molar-refractivity contribution >= 4 is 17.9 Å². The lowest BCUT2D eigenvalue weighted by molar-refractivity contribution is -0.146. The van der Waals surface area contributed by atoms with Gasteiger partial charge in [-0.2, -0.15) is 0 Å². The summed E-state index contributed by atoms with van der Waals surface area (Å²) in [6.07, 6.45) is 6.87. The topological polar surface area (TPSA) is 101 Å². The number of carbonyl (C=O) groups is 3. The second-order valence-electron chi connectivity index (χ2n) is 7.44. The molecule has 0 bridgehead atoms. The summed E-state index contributed by atoms with van der Waals surface area (Å²) in [6, 6.07) is 14.0. The van der Waals surface area contributed by atoms with Gasteiger partial charge in [0, 0.05) is 6.42 Å². The summed E-state index contributed by atoms with van der Waals surface area (Å²) < 4.78 is 5.29. The molecule has 1 aliphatic carbocycles. The van der Waals surface area contributed by atoms with E-state index in [1.54, 1.807) is 0 Å². The van der Waals surface area contributed by atoms with E-state index in [9.17, 15) is 14.4 Å². The summed E-state index contributed by atoms with van der Waals surface area (Å²) in [5.41, 5.74) is 1.40. The lowest BCUT2D eigenvalue weighted by Crippen LogP contribution is -2.14. The van der Waals surface area contributed by atoms with Crippen molar-refractivity contribution in [1.29, 1.82) is 0 Å². The molecule has 160 valence electrons. The number of rotatable bonds is 6. The molecular formula is C24H28O6. The third-order valence-electron chi connectivity index (χ3n) is 5.22. The molecule has 0 radical (unpaired) electrons. The van der Waals surface area contributed by atoms with Crippen LogP contribution in [0.25, 0.3) is 0 Å². The molecular weight excluding hydrogens is 384 g/mol. The van der Waals surface area contributed by atoms with Crippen LogP contribution in [0.15, 0.2) is 48.5 Å². The first-order chi connectivity index (χ1) is 14.4. The Morgan fingerprint density at radius 2 is 1.43 bits per heavy atom. The molecule has 1 fully saturated rings. The van der Waals surface area contributed by atoms with E-state index in [-0.39, 0.29) is 22.7 Å². The predicted molar refractivity (Wildman–Crippen MR) is 113 cm³/mol. The maximum atomic E-state index is 11.7. The number of carboxylic acids is 2. The molecule has 30 heavy (non-hydrogen) atoms. The molecule has 0 aliphatic heterocycles. The molecule has 3 rings (SSSR count). The van der Waals surface area contributed by atoms with Gasteiger partial charge in [0.15, 0.2) is 0 Å². The molecule has 0 heterocycles. The zero-order valence-corrected chi connectivity index (χ0v) is 17.2. The maximum Gasteiger partial charge on any atom is 0.335 e. The first-order valence-electron chi connectivity index (χ1n) is 10.1. The van der Waals surface area contributed by atoms with Crippen molar-refractivity contribution in [2.75, 3.05) is 0 Å². The predicted octanol–water partition coefficient (Wildman–Crippen LogP) is 5.09. The minimum atomic E-state index is -1.11. The van der Waals surface area contributed by atoms with E-state index in [2.05, 4.69) is 0 Å². The molecule has 6 nitrogen and oxygen atoms in total. The van der Waals surface area contributed by atoms with Gasteiger partial charge in [-0.1, -0.05) is 55.7 Å². The highest BCUT2D eigenvalue weighted by molar-refractivity contribution is 5.96. The zero-order chi connectivity index (χ0) is 21.9. The van der Waals surface area contributed by atoms with Crippen LogP contribution in [-0.4, -0.2) is 28.1 Å². The Balaban J connectivity index is 0.000000222. The number of hydrogen-bond acceptors (Lipinski definition) is 4. The maximum absolute atomic E-state index is 11.7. The van der Waals surface area contributed by atoms with Crippen LogP contribution in [0.2, 0.25) is 0 Å². The number of carbonyl (C=O) groups excluding carboxylic acids is 1. The van der Waals surface area contributed by atoms with E-state index < -0.39 is 11.9 Å². The fourth-order valence-electron chi connectivity index (χ4n) is 3.52. The SMILES string of the molecule is Cc1c(C(=O)O)cccc1C(=O)O.O=C(CC1CCCCC1)OCc1ccccc1. The number of carboxylic acid groups (broad SMARTS) is 2. The van der Waals surface area contributed by atoms with Gasteiger partial charge in [0.05, 0.1) is 11.1 Å². The summed E-state index contributed by atoms with van der Waals surface area (Å²) in [5.74, 6) is -1.70. The Kier molecular flexibility index (Phi) is 9.06. The molecule has 0 amide bonds. The Morgan fingerprint density at radius 3 is 1.97 bits per heavy atom. The van der Waals surface area contributed by atoms with Crippen LogP contribution >= 0.6 is 0 Å². The highest BCUT2D eigenvalue weighted by Gasteiger charge is 2.17. The summed E-state index contributed by atoms with van der Waals surface area (Å²) in [7, 11) is 0. The van der Waals surface area contributed by atoms with Crippen molar-refractivity contribution < 1.29 is 29.3 Å². The lowest BCUT2D eigenvalue weighted by atomic mass is 9.87. The number of aromatic carboxylic acids is 2. The molecule has 0 aromatic heterocycles. The standard InChI is InChI=1S/C15H20O2.C9H8O4/c16-15(11-13-7-3-1-4-8-13)17-12-14-9-5-2-6-10-14;1-5-6(8(10)11)3-2-4-7(5)9(12)13/h2,5-6,9-10,13H,1,3-4,7-8,11-12H2;2-4H,1H3,(H,10,11)(H,12,13). The third-order valence-corrected chi connectivity index (χ3v) is 5.22. The van der Waals surface area contributed by atoms with Gasteiger partial charge >= 0.3 is 17.9 Å². The van der Waals surface area contributed by atoms with E-state index in [1.807, 2.05) is 30.3 Å². The minimum Gasteiger partial charge on any atom is -0.478 e. The highest BCUT2D eigenvalue weighted by atomic mass is 16.5. The van der Waals surface area contributed by atoms with Crippen LogP contribution in [0.5, 0.6) is 0 Å². The molecule has 2 aromatic rings. The van der Waals surface area contributed by atoms with E-state index in [0.29, 0.717) is 18.9 Å². The summed E-state index contributed by atoms with van der Waals surface area (Å²) >= 11 is 0. The quantitative estimate of drug-likeness (QED) is 0.641. The molecule has 0 spiro atoms. The second-order valence-corrected chi connectivity index (χ2v) is 7.44. The monoisotopic (exact) mass is 412 g/mol. The fourth-order valence-corrected chi connectivity index (χ4v) is 3.52. The van der Waals surface area contributed by atoms with Crippen LogP contribution in [0.4, 0.5) is 0 Å². The molecule has 1 aliphatic rings. The van der Waals surface area contributed by atoms with Gasteiger partial charge in [0.25, 0.3) is 0 Å². The van der Waals surface area contributed by atoms with Gasteiger partial charge in [-0.3, -0.25) is 4.79 Å². The third kappa shape index (κ3) is 7.35. The first kappa shape index (κ1) is 23.1. The van der Waals surface area contributed by atoms with Crippen LogP contribution in [0.3, 0.4) is 0 Å². The molecule has 2 aromatic carbocycles. The van der Waals surface area contributed by atoms with Gasteiger partial charge < -0.3 is 14.9 Å². The molecule has 1 saturated carbocycles. The van der Waals surface area contributed by atoms with E-state index in [1.165, 1.54) is 57.2 Å². The number of hydrogen-bond donors (Lipinski definition) is 2. The first-order valence-corrected chi connectivity index (χ1v) is 10.1. The van der Waals surface area contributed by atoms with Crippen LogP contribution < -0.4 is 0 Å². The van der Waals surface area contributed by atoms with Gasteiger partial charge in [-0.05, 0) is 48.9 Å². The second kappa shape index (κ2) is 11.8. The Morgan fingerprint density at radius 1 is 0.867 bits per heavy atom.